The van der Waals surface area contributed by atoms with Gasteiger partial charge in [0.05, 0.1) is 25.0 Å². The number of hydrogen-bond donors (Lipinski definition) is 0. The topological polar surface area (TPSA) is 85.6 Å². The zero-order valence-electron chi connectivity index (χ0n) is 17.3. The molecule has 1 aliphatic heterocycles. The van der Waals surface area contributed by atoms with Crippen LogP contribution in [0.3, 0.4) is 0 Å². The number of thiazole rings is 1. The Labute approximate surface area is 179 Å². The Morgan fingerprint density at radius 1 is 1.33 bits per heavy atom. The fourth-order valence-electron chi connectivity index (χ4n) is 3.52. The number of aryl methyl sites for hydroxylation is 1. The van der Waals surface area contributed by atoms with Gasteiger partial charge in [-0.3, -0.25) is 14.6 Å². The summed E-state index contributed by atoms with van der Waals surface area (Å²) in [5.74, 6) is 0.660. The van der Waals surface area contributed by atoms with Crippen LogP contribution in [0.4, 0.5) is 5.13 Å². The van der Waals surface area contributed by atoms with E-state index in [2.05, 4.69) is 15.0 Å². The summed E-state index contributed by atoms with van der Waals surface area (Å²) in [5, 5.41) is 4.75. The number of hydrogen-bond acceptors (Lipinski definition) is 8. The Balaban J connectivity index is 1.56. The lowest BCUT2D eigenvalue weighted by Gasteiger charge is -2.27. The number of rotatable bonds is 8. The molecule has 1 aliphatic rings. The van der Waals surface area contributed by atoms with Crippen LogP contribution in [0, 0.1) is 6.92 Å². The molecule has 0 atom stereocenters. The maximum absolute atomic E-state index is 13.1. The highest BCUT2D eigenvalue weighted by molar-refractivity contribution is 7.22. The third kappa shape index (κ3) is 4.61. The number of carbonyl (C=O) groups excluding carboxylic acids is 1. The number of carbonyl (C=O) groups is 1. The minimum atomic E-state index is -0.0573. The number of aromatic nitrogens is 4. The highest BCUT2D eigenvalue weighted by Crippen LogP contribution is 2.36. The van der Waals surface area contributed by atoms with Crippen LogP contribution < -0.4 is 9.64 Å². The van der Waals surface area contributed by atoms with Crippen LogP contribution in [0.15, 0.2) is 24.8 Å². The maximum atomic E-state index is 13.1. The van der Waals surface area contributed by atoms with Crippen molar-refractivity contribution < 1.29 is 14.3 Å². The molecule has 0 spiro atoms. The summed E-state index contributed by atoms with van der Waals surface area (Å²) >= 11 is 1.52. The van der Waals surface area contributed by atoms with Gasteiger partial charge >= 0.3 is 0 Å². The zero-order valence-corrected chi connectivity index (χ0v) is 18.1. The van der Waals surface area contributed by atoms with E-state index in [4.69, 9.17) is 14.5 Å². The predicted octanol–water partition coefficient (Wildman–Crippen LogP) is 1.96. The average Bonchev–Trinajstić information content (AvgIpc) is 3.43. The second-order valence-corrected chi connectivity index (χ2v) is 8.18. The van der Waals surface area contributed by atoms with Gasteiger partial charge < -0.3 is 9.47 Å². The largest absolute Gasteiger partial charge is 0.494 e. The third-order valence-electron chi connectivity index (χ3n) is 5.17. The molecular weight excluding hydrogens is 404 g/mol. The molecule has 0 radical (unpaired) electrons. The normalized spacial score (nSPS) is 14.9. The van der Waals surface area contributed by atoms with Crippen molar-refractivity contribution in [2.45, 2.75) is 19.9 Å². The molecule has 1 fully saturated rings. The van der Waals surface area contributed by atoms with E-state index in [-0.39, 0.29) is 12.5 Å². The zero-order chi connectivity index (χ0) is 20.9. The van der Waals surface area contributed by atoms with Crippen LogP contribution in [0.2, 0.25) is 0 Å². The second-order valence-electron chi connectivity index (χ2n) is 7.20. The van der Waals surface area contributed by atoms with Gasteiger partial charge in [0.15, 0.2) is 5.13 Å². The monoisotopic (exact) mass is 430 g/mol. The van der Waals surface area contributed by atoms with Gasteiger partial charge in [0.1, 0.15) is 30.5 Å². The van der Waals surface area contributed by atoms with E-state index in [1.807, 2.05) is 19.1 Å². The lowest BCUT2D eigenvalue weighted by atomic mass is 10.2. The third-order valence-corrected chi connectivity index (χ3v) is 6.38. The van der Waals surface area contributed by atoms with Crippen LogP contribution in [-0.2, 0) is 16.1 Å². The molecule has 1 amide bonds. The fraction of sp³-hybridized carbons (Fsp3) is 0.500. The number of methoxy groups -OCH3 is 1. The van der Waals surface area contributed by atoms with Crippen LogP contribution in [0.5, 0.6) is 5.75 Å². The smallest absolute Gasteiger partial charge is 0.250 e. The van der Waals surface area contributed by atoms with Gasteiger partial charge in [0.25, 0.3) is 5.91 Å². The Hall–Kier alpha value is -2.56. The lowest BCUT2D eigenvalue weighted by Crippen LogP contribution is -2.40. The summed E-state index contributed by atoms with van der Waals surface area (Å²) in [6.07, 6.45) is 3.84. The van der Waals surface area contributed by atoms with Crippen molar-refractivity contribution in [3.05, 3.63) is 30.4 Å². The molecule has 1 saturated heterocycles. The van der Waals surface area contributed by atoms with Gasteiger partial charge in [-0.05, 0) is 25.0 Å². The number of fused-ring (bicyclic) bond motifs is 1. The minimum absolute atomic E-state index is 0.0573. The number of nitrogens with zero attached hydrogens (tertiary/aromatic N) is 6. The van der Waals surface area contributed by atoms with E-state index in [1.54, 1.807) is 18.3 Å². The molecule has 0 bridgehead atoms. The van der Waals surface area contributed by atoms with Crippen LogP contribution in [-0.4, -0.2) is 77.1 Å². The highest BCUT2D eigenvalue weighted by atomic mass is 32.1. The highest BCUT2D eigenvalue weighted by Gasteiger charge is 2.22. The summed E-state index contributed by atoms with van der Waals surface area (Å²) in [5.41, 5.74) is 1.91. The van der Waals surface area contributed by atoms with Crippen molar-refractivity contribution in [2.24, 2.45) is 0 Å². The Bertz CT molecular complexity index is 984. The van der Waals surface area contributed by atoms with Gasteiger partial charge in [0.2, 0.25) is 0 Å². The van der Waals surface area contributed by atoms with Gasteiger partial charge in [-0.1, -0.05) is 17.4 Å². The first-order valence-electron chi connectivity index (χ1n) is 10.0. The first kappa shape index (κ1) is 20.7. The molecule has 0 saturated carbocycles. The van der Waals surface area contributed by atoms with Crippen molar-refractivity contribution in [3.63, 3.8) is 0 Å². The van der Waals surface area contributed by atoms with Crippen molar-refractivity contribution >= 4 is 32.6 Å². The summed E-state index contributed by atoms with van der Waals surface area (Å²) in [7, 11) is 1.64. The molecule has 3 aromatic rings. The minimum Gasteiger partial charge on any atom is -0.494 e. The second kappa shape index (κ2) is 9.50. The molecule has 30 heavy (non-hydrogen) atoms. The molecule has 0 N–H and O–H groups in total. The van der Waals surface area contributed by atoms with E-state index >= 15 is 0 Å². The number of ether oxygens (including phenoxy) is 2. The van der Waals surface area contributed by atoms with E-state index in [1.165, 1.54) is 22.3 Å². The lowest BCUT2D eigenvalue weighted by molar-refractivity contribution is -0.119. The number of benzene rings is 1. The Morgan fingerprint density at radius 2 is 2.17 bits per heavy atom. The number of anilines is 1. The Morgan fingerprint density at radius 3 is 2.90 bits per heavy atom. The molecule has 160 valence electrons. The van der Waals surface area contributed by atoms with Crippen LogP contribution in [0.1, 0.15) is 12.0 Å². The summed E-state index contributed by atoms with van der Waals surface area (Å²) in [6.45, 7) is 7.09. The van der Waals surface area contributed by atoms with Gasteiger partial charge in [-0.15, -0.1) is 0 Å². The van der Waals surface area contributed by atoms with Gasteiger partial charge in [-0.2, -0.15) is 5.10 Å². The number of amides is 1. The van der Waals surface area contributed by atoms with Crippen LogP contribution in [0.25, 0.3) is 10.2 Å². The predicted molar refractivity (Wildman–Crippen MR) is 115 cm³/mol. The molecule has 10 heteroatoms. The van der Waals surface area contributed by atoms with E-state index in [9.17, 15) is 4.79 Å². The molecule has 0 unspecified atom stereocenters. The van der Waals surface area contributed by atoms with Gasteiger partial charge in [0, 0.05) is 26.2 Å². The summed E-state index contributed by atoms with van der Waals surface area (Å²) < 4.78 is 13.5. The van der Waals surface area contributed by atoms with Gasteiger partial charge in [-0.25, -0.2) is 14.6 Å². The molecule has 1 aromatic carbocycles. The van der Waals surface area contributed by atoms with Crippen molar-refractivity contribution in [2.75, 3.05) is 51.4 Å². The SMILES string of the molecule is COc1ccc(C)c2sc(N(CCCN3CCOCC3)C(=O)Cn3cncn3)nc12. The van der Waals surface area contributed by atoms with E-state index < -0.39 is 0 Å². The first-order valence-corrected chi connectivity index (χ1v) is 10.8. The van der Waals surface area contributed by atoms with E-state index in [0.717, 1.165) is 60.8 Å². The molecule has 9 nitrogen and oxygen atoms in total. The molecule has 2 aromatic heterocycles. The van der Waals surface area contributed by atoms with Crippen molar-refractivity contribution in [1.29, 1.82) is 0 Å². The first-order chi connectivity index (χ1) is 14.7. The Kier molecular flexibility index (Phi) is 6.56. The maximum Gasteiger partial charge on any atom is 0.250 e. The fourth-order valence-corrected chi connectivity index (χ4v) is 4.62. The molecular formula is C20H26N6O3S. The number of morpholine rings is 1. The van der Waals surface area contributed by atoms with Crippen LogP contribution >= 0.6 is 11.3 Å². The summed E-state index contributed by atoms with van der Waals surface area (Å²) in [6, 6.07) is 3.93. The van der Waals surface area contributed by atoms with E-state index in [0.29, 0.717) is 11.7 Å². The molecule has 4 rings (SSSR count). The average molecular weight is 431 g/mol. The van der Waals surface area contributed by atoms with Crippen molar-refractivity contribution in [3.8, 4) is 5.75 Å². The quantitative estimate of drug-likeness (QED) is 0.540. The molecule has 0 aliphatic carbocycles. The molecule has 3 heterocycles. The summed E-state index contributed by atoms with van der Waals surface area (Å²) in [4.78, 5) is 26.0. The standard InChI is InChI=1S/C20H26N6O3S/c1-15-4-5-16(28-2)18-19(15)30-20(23-18)26(17(27)12-25-14-21-13-22-25)7-3-6-24-8-10-29-11-9-24/h4-5,13-14H,3,6-12H2,1-2H3. The van der Waals surface area contributed by atoms with Crippen molar-refractivity contribution in [1.82, 2.24) is 24.6 Å².